The molecule has 3 aromatic carbocycles. The van der Waals surface area contributed by atoms with E-state index in [4.69, 9.17) is 16.3 Å². The van der Waals surface area contributed by atoms with Gasteiger partial charge in [-0.15, -0.1) is 0 Å². The van der Waals surface area contributed by atoms with Crippen LogP contribution in [0.25, 0.3) is 0 Å². The molecule has 0 fully saturated rings. The van der Waals surface area contributed by atoms with Crippen LogP contribution < -0.4 is 13.8 Å². The van der Waals surface area contributed by atoms with Crippen molar-refractivity contribution in [3.8, 4) is 5.75 Å². The minimum Gasteiger partial charge on any atom is -0.495 e. The van der Waals surface area contributed by atoms with Gasteiger partial charge in [0.15, 0.2) is 0 Å². The average molecular weight is 509 g/mol. The smallest absolute Gasteiger partial charge is 0.264 e. The van der Waals surface area contributed by atoms with E-state index < -0.39 is 20.0 Å². The highest BCUT2D eigenvalue weighted by atomic mass is 35.5. The molecule has 0 bridgehead atoms. The van der Waals surface area contributed by atoms with Crippen molar-refractivity contribution >= 4 is 43.0 Å². The molecule has 0 radical (unpaired) electrons. The molecule has 3 aromatic rings. The second kappa shape index (κ2) is 9.24. The van der Waals surface area contributed by atoms with Crippen molar-refractivity contribution in [1.82, 2.24) is 0 Å². The van der Waals surface area contributed by atoms with E-state index in [-0.39, 0.29) is 21.2 Å². The van der Waals surface area contributed by atoms with Crippen molar-refractivity contribution in [2.45, 2.75) is 30.6 Å². The molecule has 0 aliphatic carbocycles. The summed E-state index contributed by atoms with van der Waals surface area (Å²) < 4.78 is 61.6. The average Bonchev–Trinajstić information content (AvgIpc) is 2.75. The van der Waals surface area contributed by atoms with E-state index in [1.807, 2.05) is 32.9 Å². The summed E-state index contributed by atoms with van der Waals surface area (Å²) in [7, 11) is -5.30. The van der Waals surface area contributed by atoms with E-state index in [1.54, 1.807) is 0 Å². The Morgan fingerprint density at radius 3 is 1.94 bits per heavy atom. The largest absolute Gasteiger partial charge is 0.495 e. The lowest BCUT2D eigenvalue weighted by Gasteiger charge is -2.23. The van der Waals surface area contributed by atoms with Gasteiger partial charge in [-0.2, -0.15) is 0 Å². The van der Waals surface area contributed by atoms with E-state index in [0.717, 1.165) is 21.0 Å². The lowest BCUT2D eigenvalue weighted by atomic mass is 10.1. The third-order valence-corrected chi connectivity index (χ3v) is 8.57. The normalized spacial score (nSPS) is 11.8. The van der Waals surface area contributed by atoms with Crippen LogP contribution in [0.3, 0.4) is 0 Å². The third-order valence-electron chi connectivity index (χ3n) is 5.19. The second-order valence-electron chi connectivity index (χ2n) is 7.64. The highest BCUT2D eigenvalue weighted by molar-refractivity contribution is 7.93. The van der Waals surface area contributed by atoms with Gasteiger partial charge in [0.2, 0.25) is 0 Å². The summed E-state index contributed by atoms with van der Waals surface area (Å²) in [4.78, 5) is -0.0930. The number of methoxy groups -OCH3 is 1. The lowest BCUT2D eigenvalue weighted by molar-refractivity contribution is 0.415. The molecule has 0 spiro atoms. The molecular formula is C23H25ClN2O5S2. The number of hydrogen-bond donors (Lipinski definition) is 1. The molecule has 0 heterocycles. The van der Waals surface area contributed by atoms with Crippen molar-refractivity contribution in [3.05, 3.63) is 76.3 Å². The van der Waals surface area contributed by atoms with Gasteiger partial charge in [-0.25, -0.2) is 16.8 Å². The number of benzene rings is 3. The molecule has 10 heteroatoms. The first-order valence-corrected chi connectivity index (χ1v) is 13.2. The van der Waals surface area contributed by atoms with Gasteiger partial charge in [-0.1, -0.05) is 29.3 Å². The molecule has 33 heavy (non-hydrogen) atoms. The van der Waals surface area contributed by atoms with Crippen LogP contribution in [0.15, 0.2) is 64.4 Å². The van der Waals surface area contributed by atoms with Gasteiger partial charge in [0, 0.05) is 12.1 Å². The van der Waals surface area contributed by atoms with Crippen molar-refractivity contribution in [3.63, 3.8) is 0 Å². The van der Waals surface area contributed by atoms with Crippen molar-refractivity contribution in [2.24, 2.45) is 0 Å². The fourth-order valence-corrected chi connectivity index (χ4v) is 6.06. The first kappa shape index (κ1) is 24.9. The Labute approximate surface area is 200 Å². The summed E-state index contributed by atoms with van der Waals surface area (Å²) in [5, 5.41) is 0.398. The number of rotatable bonds is 7. The van der Waals surface area contributed by atoms with Gasteiger partial charge < -0.3 is 4.74 Å². The summed E-state index contributed by atoms with van der Waals surface area (Å²) in [5.74, 6) is 0.205. The predicted octanol–water partition coefficient (Wildman–Crippen LogP) is 4.90. The molecule has 176 valence electrons. The Morgan fingerprint density at radius 2 is 1.39 bits per heavy atom. The number of ether oxygens (including phenoxy) is 1. The molecule has 0 atom stereocenters. The number of nitrogens with one attached hydrogen (secondary N) is 1. The quantitative estimate of drug-likeness (QED) is 0.490. The Hall–Kier alpha value is -2.75. The highest BCUT2D eigenvalue weighted by Gasteiger charge is 2.26. The van der Waals surface area contributed by atoms with E-state index in [9.17, 15) is 16.8 Å². The highest BCUT2D eigenvalue weighted by Crippen LogP contribution is 2.35. The van der Waals surface area contributed by atoms with Gasteiger partial charge in [0.05, 0.1) is 28.3 Å². The van der Waals surface area contributed by atoms with Gasteiger partial charge in [0.1, 0.15) is 5.75 Å². The number of nitrogens with zero attached hydrogens (tertiary/aromatic N) is 1. The maximum Gasteiger partial charge on any atom is 0.264 e. The van der Waals surface area contributed by atoms with Crippen LogP contribution in [0.5, 0.6) is 5.75 Å². The molecule has 3 rings (SSSR count). The van der Waals surface area contributed by atoms with Crippen molar-refractivity contribution in [2.75, 3.05) is 23.2 Å². The first-order valence-electron chi connectivity index (χ1n) is 9.90. The maximum absolute atomic E-state index is 13.2. The van der Waals surface area contributed by atoms with Crippen LogP contribution in [0.2, 0.25) is 5.02 Å². The zero-order valence-electron chi connectivity index (χ0n) is 18.9. The molecule has 0 aliphatic heterocycles. The van der Waals surface area contributed by atoms with Gasteiger partial charge in [-0.05, 0) is 74.4 Å². The number of halogens is 1. The Balaban J connectivity index is 2.06. The number of hydrogen-bond acceptors (Lipinski definition) is 5. The number of anilines is 2. The molecule has 0 amide bonds. The van der Waals surface area contributed by atoms with E-state index in [2.05, 4.69) is 4.72 Å². The van der Waals surface area contributed by atoms with Crippen LogP contribution in [0.4, 0.5) is 11.4 Å². The minimum absolute atomic E-state index is 0.00810. The molecule has 0 unspecified atom stereocenters. The molecule has 0 aromatic heterocycles. The van der Waals surface area contributed by atoms with Crippen molar-refractivity contribution < 1.29 is 21.6 Å². The summed E-state index contributed by atoms with van der Waals surface area (Å²) in [5.41, 5.74) is 3.15. The lowest BCUT2D eigenvalue weighted by Crippen LogP contribution is -2.27. The number of aryl methyl sites for hydroxylation is 3. The monoisotopic (exact) mass is 508 g/mol. The molecule has 0 saturated carbocycles. The Bertz CT molecular complexity index is 1380. The van der Waals surface area contributed by atoms with Gasteiger partial charge >= 0.3 is 0 Å². The fraction of sp³-hybridized carbons (Fsp3) is 0.217. The summed E-state index contributed by atoms with van der Waals surface area (Å²) in [6.45, 7) is 5.58. The van der Waals surface area contributed by atoms with Gasteiger partial charge in [-0.3, -0.25) is 9.03 Å². The van der Waals surface area contributed by atoms with Crippen LogP contribution in [0, 0.1) is 20.8 Å². The fourth-order valence-electron chi connectivity index (χ4n) is 3.51. The first-order chi connectivity index (χ1) is 15.4. The Kier molecular flexibility index (Phi) is 6.97. The Morgan fingerprint density at radius 1 is 0.848 bits per heavy atom. The van der Waals surface area contributed by atoms with Gasteiger partial charge in [0.25, 0.3) is 20.0 Å². The SMILES string of the molecule is COc1ccc(S(=O)(=O)Nc2c(C)cc(C)cc2C)cc1N(C)S(=O)(=O)c1ccc(Cl)cc1. The van der Waals surface area contributed by atoms with Crippen LogP contribution in [-0.2, 0) is 20.0 Å². The summed E-state index contributed by atoms with van der Waals surface area (Å²) in [6.07, 6.45) is 0. The second-order valence-corrected chi connectivity index (χ2v) is 11.7. The van der Waals surface area contributed by atoms with Crippen LogP contribution in [0.1, 0.15) is 16.7 Å². The summed E-state index contributed by atoms with van der Waals surface area (Å²) in [6, 6.07) is 13.5. The van der Waals surface area contributed by atoms with Crippen LogP contribution >= 0.6 is 11.6 Å². The molecule has 0 saturated heterocycles. The van der Waals surface area contributed by atoms with E-state index in [0.29, 0.717) is 10.7 Å². The topological polar surface area (TPSA) is 92.8 Å². The molecule has 7 nitrogen and oxygen atoms in total. The summed E-state index contributed by atoms with van der Waals surface area (Å²) >= 11 is 5.87. The maximum atomic E-state index is 13.2. The third kappa shape index (κ3) is 5.10. The van der Waals surface area contributed by atoms with E-state index in [1.165, 1.54) is 56.6 Å². The molecule has 1 N–H and O–H groups in total. The molecule has 0 aliphatic rings. The van der Waals surface area contributed by atoms with Crippen LogP contribution in [-0.4, -0.2) is 31.0 Å². The zero-order valence-corrected chi connectivity index (χ0v) is 21.3. The zero-order chi connectivity index (χ0) is 24.6. The molecular weight excluding hydrogens is 484 g/mol. The standard InChI is InChI=1S/C23H25ClN2O5S2/c1-15-12-16(2)23(17(3)13-15)25-32(27,28)20-10-11-22(31-5)21(14-20)26(4)33(29,30)19-8-6-18(24)7-9-19/h6-14,25H,1-5H3. The number of sulfonamides is 2. The minimum atomic E-state index is -4.01. The predicted molar refractivity (Wildman–Crippen MR) is 131 cm³/mol. The van der Waals surface area contributed by atoms with Crippen molar-refractivity contribution in [1.29, 1.82) is 0 Å². The van der Waals surface area contributed by atoms with E-state index >= 15 is 0 Å².